The molecule has 0 spiro atoms. The molecule has 98 valence electrons. The Bertz CT molecular complexity index is 283. The molecule has 0 aromatic rings. The number of hydrogen-bond acceptors (Lipinski definition) is 1. The molecule has 2 unspecified atom stereocenters. The summed E-state index contributed by atoms with van der Waals surface area (Å²) in [5.74, 6) is 2.90. The Morgan fingerprint density at radius 3 is 1.88 bits per heavy atom. The van der Waals surface area contributed by atoms with Gasteiger partial charge < -0.3 is 5.11 Å². The van der Waals surface area contributed by atoms with Crippen LogP contribution in [-0.4, -0.2) is 10.7 Å². The molecule has 0 aromatic carbocycles. The molecule has 3 aliphatic carbocycles. The van der Waals surface area contributed by atoms with Gasteiger partial charge in [0.25, 0.3) is 0 Å². The van der Waals surface area contributed by atoms with Crippen LogP contribution >= 0.6 is 0 Å². The second kappa shape index (κ2) is 3.73. The Morgan fingerprint density at radius 1 is 0.882 bits per heavy atom. The molecule has 0 amide bonds. The third-order valence-corrected chi connectivity index (χ3v) is 6.20. The van der Waals surface area contributed by atoms with Crippen LogP contribution in [0.5, 0.6) is 0 Å². The fraction of sp³-hybridized carbons (Fsp3) is 1.00. The van der Waals surface area contributed by atoms with Crippen molar-refractivity contribution >= 4 is 0 Å². The lowest BCUT2D eigenvalue weighted by molar-refractivity contribution is 0.00666. The molecule has 0 bridgehead atoms. The largest absolute Gasteiger partial charge is 0.389 e. The Balaban J connectivity index is 1.59. The first kappa shape index (κ1) is 12.0. The molecule has 0 radical (unpaired) electrons. The summed E-state index contributed by atoms with van der Waals surface area (Å²) in [6.07, 6.45) is 9.23. The molecule has 1 N–H and O–H groups in total. The van der Waals surface area contributed by atoms with E-state index in [0.717, 1.165) is 5.92 Å². The molecule has 2 atom stereocenters. The average Bonchev–Trinajstić information content (AvgIpc) is 2.67. The maximum Gasteiger partial charge on any atom is 0.0739 e. The van der Waals surface area contributed by atoms with Crippen LogP contribution in [0.2, 0.25) is 0 Å². The van der Waals surface area contributed by atoms with Crippen LogP contribution in [-0.2, 0) is 0 Å². The van der Waals surface area contributed by atoms with Crippen molar-refractivity contribution in [3.05, 3.63) is 0 Å². The third kappa shape index (κ3) is 1.77. The molecule has 0 heterocycles. The lowest BCUT2D eigenvalue weighted by atomic mass is 9.68. The number of hydrogen-bond donors (Lipinski definition) is 1. The fourth-order valence-corrected chi connectivity index (χ4v) is 5.00. The minimum Gasteiger partial charge on any atom is -0.389 e. The summed E-state index contributed by atoms with van der Waals surface area (Å²) in [6.45, 7) is 7.12. The molecule has 0 aliphatic heterocycles. The van der Waals surface area contributed by atoms with Crippen LogP contribution in [0.15, 0.2) is 0 Å². The van der Waals surface area contributed by atoms with E-state index >= 15 is 0 Å². The zero-order chi connectivity index (χ0) is 12.3. The maximum atomic E-state index is 10.8. The zero-order valence-electron chi connectivity index (χ0n) is 11.7. The van der Waals surface area contributed by atoms with Gasteiger partial charge in [-0.15, -0.1) is 0 Å². The molecular formula is C16H28O. The molecule has 17 heavy (non-hydrogen) atoms. The normalized spacial score (nSPS) is 50.1. The summed E-state index contributed by atoms with van der Waals surface area (Å²) in [4.78, 5) is 0. The van der Waals surface area contributed by atoms with Crippen molar-refractivity contribution in [3.63, 3.8) is 0 Å². The molecule has 0 aromatic heterocycles. The molecule has 3 aliphatic rings. The Morgan fingerprint density at radius 2 is 1.41 bits per heavy atom. The number of aliphatic hydroxyl groups is 1. The Hall–Kier alpha value is -0.0400. The maximum absolute atomic E-state index is 10.8. The smallest absolute Gasteiger partial charge is 0.0739 e. The van der Waals surface area contributed by atoms with Gasteiger partial charge >= 0.3 is 0 Å². The van der Waals surface area contributed by atoms with Gasteiger partial charge in [-0.3, -0.25) is 0 Å². The lowest BCUT2D eigenvalue weighted by Gasteiger charge is -2.39. The zero-order valence-corrected chi connectivity index (χ0v) is 11.7. The van der Waals surface area contributed by atoms with Gasteiger partial charge in [-0.1, -0.05) is 27.2 Å². The first-order chi connectivity index (χ1) is 7.94. The molecule has 3 rings (SSSR count). The van der Waals surface area contributed by atoms with Gasteiger partial charge in [-0.25, -0.2) is 0 Å². The highest BCUT2D eigenvalue weighted by Crippen LogP contribution is 2.66. The van der Waals surface area contributed by atoms with Crippen molar-refractivity contribution in [2.75, 3.05) is 0 Å². The highest BCUT2D eigenvalue weighted by Gasteiger charge is 2.68. The number of fused-ring (bicyclic) bond motifs is 1. The van der Waals surface area contributed by atoms with Crippen molar-refractivity contribution in [2.45, 2.75) is 71.3 Å². The monoisotopic (exact) mass is 236 g/mol. The Kier molecular flexibility index (Phi) is 2.63. The summed E-state index contributed by atoms with van der Waals surface area (Å²) in [5, 5.41) is 10.8. The van der Waals surface area contributed by atoms with E-state index in [4.69, 9.17) is 0 Å². The SMILES string of the molecule is CC(C)(C)C1CCC(C2(O)C3CCCC32)CC1. The summed E-state index contributed by atoms with van der Waals surface area (Å²) >= 11 is 0. The second-order valence-electron chi connectivity index (χ2n) is 7.95. The van der Waals surface area contributed by atoms with E-state index in [1.54, 1.807) is 0 Å². The first-order valence-corrected chi connectivity index (χ1v) is 7.66. The molecule has 0 saturated heterocycles. The lowest BCUT2D eigenvalue weighted by Crippen LogP contribution is -2.34. The van der Waals surface area contributed by atoms with Crippen molar-refractivity contribution in [1.29, 1.82) is 0 Å². The summed E-state index contributed by atoms with van der Waals surface area (Å²) < 4.78 is 0. The van der Waals surface area contributed by atoms with Crippen LogP contribution < -0.4 is 0 Å². The van der Waals surface area contributed by atoms with Crippen molar-refractivity contribution in [1.82, 2.24) is 0 Å². The minimum absolute atomic E-state index is 0.207. The van der Waals surface area contributed by atoms with Crippen molar-refractivity contribution in [3.8, 4) is 0 Å². The molecule has 3 fully saturated rings. The van der Waals surface area contributed by atoms with Gasteiger partial charge in [0.2, 0.25) is 0 Å². The quantitative estimate of drug-likeness (QED) is 0.729. The molecule has 1 heteroatoms. The molecule has 1 nitrogen and oxygen atoms in total. The van der Waals surface area contributed by atoms with Gasteiger partial charge in [0.05, 0.1) is 5.60 Å². The van der Waals surface area contributed by atoms with E-state index in [0.29, 0.717) is 23.2 Å². The topological polar surface area (TPSA) is 20.2 Å². The van der Waals surface area contributed by atoms with Gasteiger partial charge in [-0.2, -0.15) is 0 Å². The van der Waals surface area contributed by atoms with E-state index in [1.165, 1.54) is 44.9 Å². The van der Waals surface area contributed by atoms with Crippen molar-refractivity contribution in [2.24, 2.45) is 29.1 Å². The summed E-state index contributed by atoms with van der Waals surface area (Å²) in [5.41, 5.74) is 0.258. The third-order valence-electron chi connectivity index (χ3n) is 6.20. The predicted molar refractivity (Wildman–Crippen MR) is 70.7 cm³/mol. The van der Waals surface area contributed by atoms with Gasteiger partial charge in [0, 0.05) is 0 Å². The first-order valence-electron chi connectivity index (χ1n) is 7.66. The number of rotatable bonds is 1. The molecular weight excluding hydrogens is 208 g/mol. The predicted octanol–water partition coefficient (Wildman–Crippen LogP) is 4.00. The van der Waals surface area contributed by atoms with E-state index in [-0.39, 0.29) is 5.60 Å². The Labute approximate surface area is 106 Å². The van der Waals surface area contributed by atoms with Gasteiger partial charge in [0.1, 0.15) is 0 Å². The van der Waals surface area contributed by atoms with Crippen molar-refractivity contribution < 1.29 is 5.11 Å². The second-order valence-corrected chi connectivity index (χ2v) is 7.95. The van der Waals surface area contributed by atoms with Gasteiger partial charge in [0.15, 0.2) is 0 Å². The standard InChI is InChI=1S/C16H28O/c1-15(2,3)11-7-9-12(10-8-11)16(17)13-5-4-6-14(13)16/h11-14,17H,4-10H2,1-3H3. The average molecular weight is 236 g/mol. The van der Waals surface area contributed by atoms with Crippen LogP contribution in [0.4, 0.5) is 0 Å². The van der Waals surface area contributed by atoms with Crippen LogP contribution in [0.25, 0.3) is 0 Å². The van der Waals surface area contributed by atoms with Crippen LogP contribution in [0, 0.1) is 29.1 Å². The molecule has 3 saturated carbocycles. The van der Waals surface area contributed by atoms with Crippen LogP contribution in [0.1, 0.15) is 65.7 Å². The highest BCUT2D eigenvalue weighted by molar-refractivity contribution is 5.18. The van der Waals surface area contributed by atoms with Crippen LogP contribution in [0.3, 0.4) is 0 Å². The van der Waals surface area contributed by atoms with E-state index in [1.807, 2.05) is 0 Å². The highest BCUT2D eigenvalue weighted by atomic mass is 16.3. The minimum atomic E-state index is -0.207. The summed E-state index contributed by atoms with van der Waals surface area (Å²) in [7, 11) is 0. The van der Waals surface area contributed by atoms with E-state index < -0.39 is 0 Å². The van der Waals surface area contributed by atoms with E-state index in [9.17, 15) is 5.11 Å². The van der Waals surface area contributed by atoms with Gasteiger partial charge in [-0.05, 0) is 67.6 Å². The van der Waals surface area contributed by atoms with E-state index in [2.05, 4.69) is 20.8 Å². The summed E-state index contributed by atoms with van der Waals surface area (Å²) in [6, 6.07) is 0. The fourth-order valence-electron chi connectivity index (χ4n) is 5.00.